The summed E-state index contributed by atoms with van der Waals surface area (Å²) < 4.78 is 19.2. The first kappa shape index (κ1) is 33.9. The second-order valence-corrected chi connectivity index (χ2v) is 30.2. The number of hydrogen-bond donors (Lipinski definition) is 0. The Morgan fingerprint density at radius 3 is 1.71 bits per heavy atom. The average molecular weight is 602 g/mol. The Morgan fingerprint density at radius 2 is 1.35 bits per heavy atom. The third-order valence-corrected chi connectivity index (χ3v) is 26.5. The molecule has 200 valence electrons. The molecule has 0 unspecified atom stereocenters. The molecule has 0 saturated carbocycles. The van der Waals surface area contributed by atoms with E-state index in [0.717, 1.165) is 5.57 Å². The van der Waals surface area contributed by atoms with Gasteiger partial charge in [0, 0.05) is 0 Å². The molecule has 3 nitrogen and oxygen atoms in total. The molecule has 5 heteroatoms. The monoisotopic (exact) mass is 602 g/mol. The Bertz CT molecular complexity index is 637. The van der Waals surface area contributed by atoms with Gasteiger partial charge in [0.1, 0.15) is 0 Å². The van der Waals surface area contributed by atoms with Crippen LogP contribution in [-0.4, -0.2) is 45.9 Å². The zero-order valence-corrected chi connectivity index (χ0v) is 28.8. The van der Waals surface area contributed by atoms with Crippen molar-refractivity contribution < 1.29 is 14.0 Å². The number of allylic oxidation sites excluding steroid dienone is 2. The minimum atomic E-state index is -2.35. The van der Waals surface area contributed by atoms with E-state index in [-0.39, 0.29) is 17.1 Å². The van der Waals surface area contributed by atoms with Crippen molar-refractivity contribution in [2.75, 3.05) is 7.11 Å². The fourth-order valence-electron chi connectivity index (χ4n) is 4.35. The van der Waals surface area contributed by atoms with Crippen LogP contribution in [0.5, 0.6) is 0 Å². The van der Waals surface area contributed by atoms with Gasteiger partial charge in [0.25, 0.3) is 0 Å². The van der Waals surface area contributed by atoms with E-state index in [9.17, 15) is 4.79 Å². The van der Waals surface area contributed by atoms with Crippen LogP contribution in [0.3, 0.4) is 0 Å². The zero-order valence-electron chi connectivity index (χ0n) is 24.9. The van der Waals surface area contributed by atoms with E-state index in [1.54, 1.807) is 0 Å². The summed E-state index contributed by atoms with van der Waals surface area (Å²) >= 11 is -2.35. The molecule has 0 bridgehead atoms. The van der Waals surface area contributed by atoms with Gasteiger partial charge in [0.2, 0.25) is 0 Å². The average Bonchev–Trinajstić information content (AvgIpc) is 2.76. The molecule has 0 aromatic rings. The van der Waals surface area contributed by atoms with E-state index in [2.05, 4.69) is 77.8 Å². The summed E-state index contributed by atoms with van der Waals surface area (Å²) in [6.07, 6.45) is 12.3. The molecule has 34 heavy (non-hydrogen) atoms. The number of unbranched alkanes of at least 4 members (excludes halogenated alkanes) is 3. The van der Waals surface area contributed by atoms with Crippen LogP contribution in [0.4, 0.5) is 0 Å². The van der Waals surface area contributed by atoms with Crippen molar-refractivity contribution in [1.82, 2.24) is 0 Å². The Balaban J connectivity index is 6.23. The number of esters is 1. The normalized spacial score (nSPS) is 15.1. The molecule has 0 N–H and O–H groups in total. The number of methoxy groups -OCH3 is 1. The van der Waals surface area contributed by atoms with E-state index in [1.165, 1.54) is 58.9 Å². The van der Waals surface area contributed by atoms with Crippen LogP contribution >= 0.6 is 0 Å². The summed E-state index contributed by atoms with van der Waals surface area (Å²) in [6, 6.07) is 0. The summed E-state index contributed by atoms with van der Waals surface area (Å²) in [5.41, 5.74) is 0.379. The molecular formula is C29H58O3SiSn. The molecular weight excluding hydrogens is 543 g/mol. The van der Waals surface area contributed by atoms with Gasteiger partial charge in [-0.15, -0.1) is 0 Å². The maximum absolute atomic E-state index is 12.8. The van der Waals surface area contributed by atoms with Crippen LogP contribution in [0.15, 0.2) is 21.8 Å². The minimum absolute atomic E-state index is 0.0691. The molecule has 0 aromatic heterocycles. The van der Waals surface area contributed by atoms with Crippen molar-refractivity contribution in [2.45, 2.75) is 138 Å². The van der Waals surface area contributed by atoms with Gasteiger partial charge < -0.3 is 0 Å². The van der Waals surface area contributed by atoms with Gasteiger partial charge in [-0.2, -0.15) is 0 Å². The summed E-state index contributed by atoms with van der Waals surface area (Å²) in [7, 11) is -0.611. The third-order valence-electron chi connectivity index (χ3n) is 7.89. The number of hydrogen-bond acceptors (Lipinski definition) is 3. The van der Waals surface area contributed by atoms with Crippen molar-refractivity contribution in [3.8, 4) is 0 Å². The van der Waals surface area contributed by atoms with E-state index < -0.39 is 32.1 Å². The van der Waals surface area contributed by atoms with Crippen molar-refractivity contribution in [1.29, 1.82) is 0 Å². The SMILES string of the molecule is CCC[CH2][Sn](/[CH]=C/C=C(\C)[C@@H](O[Si](C)(C)C(C)(C)C)C(C)(C)C(=O)OC)([CH2]CCC)[CH2]CCC. The van der Waals surface area contributed by atoms with Crippen molar-refractivity contribution >= 4 is 32.7 Å². The van der Waals surface area contributed by atoms with Crippen LogP contribution in [0.2, 0.25) is 31.4 Å². The van der Waals surface area contributed by atoms with Crippen LogP contribution in [-0.2, 0) is 14.0 Å². The van der Waals surface area contributed by atoms with Crippen molar-refractivity contribution in [2.24, 2.45) is 5.41 Å². The molecule has 0 fully saturated rings. The molecule has 0 rings (SSSR count). The number of carbonyl (C=O) groups is 1. The topological polar surface area (TPSA) is 35.5 Å². The second kappa shape index (κ2) is 15.2. The predicted octanol–water partition coefficient (Wildman–Crippen LogP) is 9.47. The number of carbonyl (C=O) groups excluding carboxylic acids is 1. The summed E-state index contributed by atoms with van der Waals surface area (Å²) in [5.74, 6) is -0.213. The van der Waals surface area contributed by atoms with Crippen LogP contribution in [0.25, 0.3) is 0 Å². The van der Waals surface area contributed by atoms with Crippen LogP contribution < -0.4 is 0 Å². The maximum atomic E-state index is 12.8. The van der Waals surface area contributed by atoms with E-state index in [1.807, 2.05) is 13.8 Å². The molecule has 0 aliphatic heterocycles. The van der Waals surface area contributed by atoms with E-state index in [0.29, 0.717) is 0 Å². The van der Waals surface area contributed by atoms with Gasteiger partial charge in [0.15, 0.2) is 0 Å². The zero-order chi connectivity index (χ0) is 26.6. The quantitative estimate of drug-likeness (QED) is 0.100. The first-order chi connectivity index (χ1) is 15.6. The molecule has 1 atom stereocenters. The van der Waals surface area contributed by atoms with Gasteiger partial charge in [0.05, 0.1) is 0 Å². The van der Waals surface area contributed by atoms with Crippen LogP contribution in [0, 0.1) is 5.41 Å². The molecule has 0 radical (unpaired) electrons. The first-order valence-corrected chi connectivity index (χ1v) is 24.4. The van der Waals surface area contributed by atoms with Crippen LogP contribution in [0.1, 0.15) is 101 Å². The fraction of sp³-hybridized carbons (Fsp3) is 0.828. The standard InChI is InChI=1S/C17H31O3Si.3C4H9.Sn/c1-11-12-13(2)14(17(6,7)15(18)19-8)20-21(9,10)16(3,4)5;3*1-3-4-2;/h1,11-12,14H,2-10H3;3*1,3-4H2,2H3;/b11-1?,13-12+;;;;/t14-;;;;/m1..../s1. The van der Waals surface area contributed by atoms with E-state index >= 15 is 0 Å². The Hall–Kier alpha value is -0.0744. The van der Waals surface area contributed by atoms with Gasteiger partial charge >= 0.3 is 219 Å². The van der Waals surface area contributed by atoms with Gasteiger partial charge in [-0.25, -0.2) is 0 Å². The van der Waals surface area contributed by atoms with Gasteiger partial charge in [-0.05, 0) is 0 Å². The summed E-state index contributed by atoms with van der Waals surface area (Å²) in [4.78, 5) is 12.8. The summed E-state index contributed by atoms with van der Waals surface area (Å²) in [6.45, 7) is 24.3. The van der Waals surface area contributed by atoms with Gasteiger partial charge in [-0.3, -0.25) is 0 Å². The molecule has 0 amide bonds. The number of rotatable bonds is 16. The second-order valence-electron chi connectivity index (χ2n) is 12.4. The summed E-state index contributed by atoms with van der Waals surface area (Å²) in [5, 5.41) is 0.0691. The van der Waals surface area contributed by atoms with E-state index in [4.69, 9.17) is 9.16 Å². The molecule has 0 spiro atoms. The van der Waals surface area contributed by atoms with Crippen molar-refractivity contribution in [3.05, 3.63) is 21.8 Å². The molecule has 0 aliphatic carbocycles. The molecule has 0 saturated heterocycles. The molecule has 0 aliphatic rings. The Morgan fingerprint density at radius 1 is 0.912 bits per heavy atom. The molecule has 0 heterocycles. The Labute approximate surface area is 218 Å². The third kappa shape index (κ3) is 10.5. The van der Waals surface area contributed by atoms with Gasteiger partial charge in [-0.1, -0.05) is 0 Å². The number of ether oxygens (including phenoxy) is 1. The first-order valence-electron chi connectivity index (χ1n) is 13.8. The Kier molecular flexibility index (Phi) is 15.2. The predicted molar refractivity (Wildman–Crippen MR) is 156 cm³/mol. The van der Waals surface area contributed by atoms with Crippen molar-refractivity contribution in [3.63, 3.8) is 0 Å². The molecule has 0 aromatic carbocycles. The fourth-order valence-corrected chi connectivity index (χ4v) is 19.8.